The fourth-order valence-corrected chi connectivity index (χ4v) is 6.27. The van der Waals surface area contributed by atoms with E-state index in [1.165, 1.54) is 11.2 Å². The van der Waals surface area contributed by atoms with Gasteiger partial charge in [-0.2, -0.15) is 4.31 Å². The van der Waals surface area contributed by atoms with E-state index in [-0.39, 0.29) is 22.6 Å². The quantitative estimate of drug-likeness (QED) is 0.677. The van der Waals surface area contributed by atoms with Gasteiger partial charge in [0.25, 0.3) is 0 Å². The van der Waals surface area contributed by atoms with Crippen molar-refractivity contribution in [2.75, 3.05) is 37.0 Å². The second-order valence-corrected chi connectivity index (χ2v) is 11.0. The van der Waals surface area contributed by atoms with Gasteiger partial charge >= 0.3 is 0 Å². The van der Waals surface area contributed by atoms with Crippen LogP contribution >= 0.6 is 0 Å². The number of carbonyl (C=O) groups excluding carboxylic acids is 2. The molecule has 1 N–H and O–H groups in total. The van der Waals surface area contributed by atoms with E-state index >= 15 is 0 Å². The normalized spacial score (nSPS) is 16.9. The van der Waals surface area contributed by atoms with Crippen molar-refractivity contribution in [1.29, 1.82) is 0 Å². The van der Waals surface area contributed by atoms with Gasteiger partial charge < -0.3 is 15.0 Å². The molecule has 0 atom stereocenters. The highest BCUT2D eigenvalue weighted by atomic mass is 32.2. The number of nitrogens with zero attached hydrogens (tertiary/aromatic N) is 2. The highest BCUT2D eigenvalue weighted by Gasteiger charge is 2.32. The maximum absolute atomic E-state index is 13.2. The molecule has 34 heavy (non-hydrogen) atoms. The van der Waals surface area contributed by atoms with E-state index in [0.29, 0.717) is 56.8 Å². The standard InChI is InChI=1S/C25H31N3O5S/c1-17-4-7-24(33-3)22(14-17)26-25(30)15-19-8-11-27(12-9-19)34(31,32)21-5-6-23-20(16-21)10-13-28(23)18(2)29/h4-7,14,16,19H,8-13,15H2,1-3H3,(H,26,30). The molecular weight excluding hydrogens is 454 g/mol. The van der Waals surface area contributed by atoms with Crippen LogP contribution in [0.25, 0.3) is 0 Å². The van der Waals surface area contributed by atoms with Gasteiger partial charge in [-0.05, 0) is 73.6 Å². The second kappa shape index (κ2) is 9.76. The summed E-state index contributed by atoms with van der Waals surface area (Å²) in [5.41, 5.74) is 3.35. The Balaban J connectivity index is 1.36. The number of rotatable bonds is 6. The first-order valence-corrected chi connectivity index (χ1v) is 13.0. The Kier molecular flexibility index (Phi) is 6.95. The van der Waals surface area contributed by atoms with Crippen molar-refractivity contribution in [2.45, 2.75) is 44.4 Å². The summed E-state index contributed by atoms with van der Waals surface area (Å²) in [7, 11) is -2.06. The number of ether oxygens (including phenoxy) is 1. The van der Waals surface area contributed by atoms with Gasteiger partial charge in [0, 0.05) is 38.7 Å². The number of hydrogen-bond donors (Lipinski definition) is 1. The molecule has 0 radical (unpaired) electrons. The maximum Gasteiger partial charge on any atom is 0.243 e. The lowest BCUT2D eigenvalue weighted by atomic mass is 9.94. The van der Waals surface area contributed by atoms with Crippen LogP contribution in [0.5, 0.6) is 5.75 Å². The molecule has 9 heteroatoms. The Hall–Kier alpha value is -2.91. The molecule has 2 aliphatic heterocycles. The molecule has 0 aliphatic carbocycles. The number of benzene rings is 2. The zero-order valence-electron chi connectivity index (χ0n) is 19.8. The molecule has 2 amide bonds. The molecular formula is C25H31N3O5S. The zero-order chi connectivity index (χ0) is 24.5. The van der Waals surface area contributed by atoms with Crippen LogP contribution in [0.2, 0.25) is 0 Å². The van der Waals surface area contributed by atoms with Gasteiger partial charge in [-0.15, -0.1) is 0 Å². The number of nitrogens with one attached hydrogen (secondary N) is 1. The molecule has 2 aliphatic rings. The predicted octanol–water partition coefficient (Wildman–Crippen LogP) is 3.34. The highest BCUT2D eigenvalue weighted by molar-refractivity contribution is 7.89. The summed E-state index contributed by atoms with van der Waals surface area (Å²) in [6, 6.07) is 10.6. The first-order valence-electron chi connectivity index (χ1n) is 11.5. The minimum absolute atomic E-state index is 0.0405. The van der Waals surface area contributed by atoms with Crippen molar-refractivity contribution in [3.63, 3.8) is 0 Å². The SMILES string of the molecule is COc1ccc(C)cc1NC(=O)CC1CCN(S(=O)(=O)c2ccc3c(c2)CCN3C(C)=O)CC1. The van der Waals surface area contributed by atoms with Crippen molar-refractivity contribution in [2.24, 2.45) is 5.92 Å². The molecule has 0 bridgehead atoms. The number of fused-ring (bicyclic) bond motifs is 1. The monoisotopic (exact) mass is 485 g/mol. The number of amides is 2. The van der Waals surface area contributed by atoms with Crippen molar-refractivity contribution >= 4 is 33.2 Å². The van der Waals surface area contributed by atoms with E-state index in [1.807, 2.05) is 25.1 Å². The van der Waals surface area contributed by atoms with Crippen molar-refractivity contribution in [3.05, 3.63) is 47.5 Å². The lowest BCUT2D eigenvalue weighted by Gasteiger charge is -2.31. The molecule has 0 aromatic heterocycles. The van der Waals surface area contributed by atoms with Crippen molar-refractivity contribution < 1.29 is 22.7 Å². The molecule has 2 aromatic carbocycles. The maximum atomic E-state index is 13.2. The summed E-state index contributed by atoms with van der Waals surface area (Å²) >= 11 is 0. The number of anilines is 2. The third-order valence-corrected chi connectivity index (χ3v) is 8.54. The minimum Gasteiger partial charge on any atom is -0.495 e. The molecule has 2 aromatic rings. The number of piperidine rings is 1. The number of hydrogen-bond acceptors (Lipinski definition) is 5. The summed E-state index contributed by atoms with van der Waals surface area (Å²) in [5.74, 6) is 0.590. The van der Waals surface area contributed by atoms with Gasteiger partial charge in [0.2, 0.25) is 21.8 Å². The van der Waals surface area contributed by atoms with Crippen LogP contribution in [0, 0.1) is 12.8 Å². The van der Waals surface area contributed by atoms with Crippen molar-refractivity contribution in [3.8, 4) is 5.75 Å². The molecule has 8 nitrogen and oxygen atoms in total. The number of sulfonamides is 1. The Labute approximate surface area is 200 Å². The lowest BCUT2D eigenvalue weighted by molar-refractivity contribution is -0.117. The van der Waals surface area contributed by atoms with Gasteiger partial charge in [-0.25, -0.2) is 8.42 Å². The van der Waals surface area contributed by atoms with Crippen LogP contribution in [0.3, 0.4) is 0 Å². The van der Waals surface area contributed by atoms with Gasteiger partial charge in [-0.3, -0.25) is 9.59 Å². The Morgan fingerprint density at radius 3 is 2.50 bits per heavy atom. The Morgan fingerprint density at radius 1 is 1.09 bits per heavy atom. The summed E-state index contributed by atoms with van der Waals surface area (Å²) < 4.78 is 33.3. The third-order valence-electron chi connectivity index (χ3n) is 6.64. The molecule has 1 fully saturated rings. The fraction of sp³-hybridized carbons (Fsp3) is 0.440. The van der Waals surface area contributed by atoms with Crippen LogP contribution in [0.15, 0.2) is 41.3 Å². The van der Waals surface area contributed by atoms with Crippen LogP contribution in [-0.4, -0.2) is 51.3 Å². The van der Waals surface area contributed by atoms with Crippen LogP contribution in [0.1, 0.15) is 37.3 Å². The average molecular weight is 486 g/mol. The predicted molar refractivity (Wildman–Crippen MR) is 131 cm³/mol. The topological polar surface area (TPSA) is 96.0 Å². The Morgan fingerprint density at radius 2 is 1.82 bits per heavy atom. The lowest BCUT2D eigenvalue weighted by Crippen LogP contribution is -2.39. The smallest absolute Gasteiger partial charge is 0.243 e. The molecule has 2 heterocycles. The van der Waals surface area contributed by atoms with Crippen molar-refractivity contribution in [1.82, 2.24) is 4.31 Å². The van der Waals surface area contributed by atoms with Gasteiger partial charge in [0.1, 0.15) is 5.75 Å². The first kappa shape index (κ1) is 24.2. The molecule has 0 saturated carbocycles. The van der Waals surface area contributed by atoms with Gasteiger partial charge in [-0.1, -0.05) is 6.07 Å². The molecule has 0 unspecified atom stereocenters. The molecule has 4 rings (SSSR count). The summed E-state index contributed by atoms with van der Waals surface area (Å²) in [4.78, 5) is 26.3. The number of aryl methyl sites for hydroxylation is 1. The van der Waals surface area contributed by atoms with E-state index < -0.39 is 10.0 Å². The summed E-state index contributed by atoms with van der Waals surface area (Å²) in [5, 5.41) is 2.93. The summed E-state index contributed by atoms with van der Waals surface area (Å²) in [6.45, 7) is 4.80. The number of methoxy groups -OCH3 is 1. The van der Waals surface area contributed by atoms with E-state index in [1.54, 1.807) is 30.2 Å². The molecule has 182 valence electrons. The van der Waals surface area contributed by atoms with Gasteiger partial charge in [0.15, 0.2) is 0 Å². The zero-order valence-corrected chi connectivity index (χ0v) is 20.7. The Bertz CT molecular complexity index is 1200. The molecule has 1 saturated heterocycles. The van der Waals surface area contributed by atoms with Crippen LogP contribution < -0.4 is 15.0 Å². The summed E-state index contributed by atoms with van der Waals surface area (Å²) in [6.07, 6.45) is 2.24. The highest BCUT2D eigenvalue weighted by Crippen LogP contribution is 2.33. The third kappa shape index (κ3) is 4.95. The minimum atomic E-state index is -3.62. The largest absolute Gasteiger partial charge is 0.495 e. The van der Waals surface area contributed by atoms with E-state index in [2.05, 4.69) is 5.32 Å². The van der Waals surface area contributed by atoms with E-state index in [0.717, 1.165) is 16.8 Å². The van der Waals surface area contributed by atoms with E-state index in [4.69, 9.17) is 4.74 Å². The molecule has 0 spiro atoms. The van der Waals surface area contributed by atoms with Crippen LogP contribution in [-0.2, 0) is 26.0 Å². The fourth-order valence-electron chi connectivity index (χ4n) is 4.75. The average Bonchev–Trinajstić information content (AvgIpc) is 3.23. The number of carbonyl (C=O) groups is 2. The van der Waals surface area contributed by atoms with Crippen LogP contribution in [0.4, 0.5) is 11.4 Å². The van der Waals surface area contributed by atoms with E-state index in [9.17, 15) is 18.0 Å². The first-order chi connectivity index (χ1) is 16.2. The van der Waals surface area contributed by atoms with Gasteiger partial charge in [0.05, 0.1) is 17.7 Å². The second-order valence-electron chi connectivity index (χ2n) is 9.01.